The Labute approximate surface area is 155 Å². The van der Waals surface area contributed by atoms with Crippen LogP contribution in [0.25, 0.3) is 0 Å². The SMILES string of the molecule is CCCCCCOC(=O)c1ccc(NC(=S)NC(=O)CCCC)cc1. The van der Waals surface area contributed by atoms with Crippen LogP contribution in [0.2, 0.25) is 0 Å². The number of nitrogens with one attached hydrogen (secondary N) is 2. The molecule has 0 aliphatic heterocycles. The van der Waals surface area contributed by atoms with E-state index in [0.29, 0.717) is 24.3 Å². The molecule has 0 aromatic heterocycles. The molecule has 6 heteroatoms. The Hall–Kier alpha value is -1.95. The summed E-state index contributed by atoms with van der Waals surface area (Å²) in [6.45, 7) is 4.62. The molecule has 138 valence electrons. The predicted molar refractivity (Wildman–Crippen MR) is 105 cm³/mol. The number of ether oxygens (including phenoxy) is 1. The lowest BCUT2D eigenvalue weighted by atomic mass is 10.2. The van der Waals surface area contributed by atoms with Gasteiger partial charge < -0.3 is 15.4 Å². The number of benzene rings is 1. The number of hydrogen-bond acceptors (Lipinski definition) is 4. The largest absolute Gasteiger partial charge is 0.462 e. The number of hydrogen-bond donors (Lipinski definition) is 2. The Morgan fingerprint density at radius 2 is 1.68 bits per heavy atom. The molecule has 2 N–H and O–H groups in total. The van der Waals surface area contributed by atoms with E-state index in [9.17, 15) is 9.59 Å². The monoisotopic (exact) mass is 364 g/mol. The highest BCUT2D eigenvalue weighted by Crippen LogP contribution is 2.11. The van der Waals surface area contributed by atoms with Crippen molar-refractivity contribution < 1.29 is 14.3 Å². The van der Waals surface area contributed by atoms with E-state index in [1.165, 1.54) is 0 Å². The Kier molecular flexibility index (Phi) is 10.5. The van der Waals surface area contributed by atoms with Gasteiger partial charge in [-0.3, -0.25) is 4.79 Å². The molecule has 0 aliphatic carbocycles. The molecule has 1 aromatic rings. The molecule has 0 atom stereocenters. The lowest BCUT2D eigenvalue weighted by Crippen LogP contribution is -2.33. The van der Waals surface area contributed by atoms with Crippen molar-refractivity contribution in [3.8, 4) is 0 Å². The molecule has 25 heavy (non-hydrogen) atoms. The quantitative estimate of drug-likeness (QED) is 0.365. The molecule has 0 bridgehead atoms. The van der Waals surface area contributed by atoms with Gasteiger partial charge in [0.1, 0.15) is 0 Å². The van der Waals surface area contributed by atoms with Gasteiger partial charge in [0, 0.05) is 12.1 Å². The van der Waals surface area contributed by atoms with Crippen molar-refractivity contribution in [1.82, 2.24) is 5.32 Å². The van der Waals surface area contributed by atoms with Crippen LogP contribution in [0.15, 0.2) is 24.3 Å². The maximum atomic E-state index is 11.9. The summed E-state index contributed by atoms with van der Waals surface area (Å²) in [7, 11) is 0. The number of esters is 1. The molecular formula is C19H28N2O3S. The second-order valence-electron chi connectivity index (χ2n) is 5.88. The number of carbonyl (C=O) groups excluding carboxylic acids is 2. The Balaban J connectivity index is 2.38. The maximum Gasteiger partial charge on any atom is 0.338 e. The van der Waals surface area contributed by atoms with E-state index in [0.717, 1.165) is 38.5 Å². The lowest BCUT2D eigenvalue weighted by molar-refractivity contribution is -0.119. The van der Waals surface area contributed by atoms with Crippen LogP contribution in [0.4, 0.5) is 5.69 Å². The predicted octanol–water partition coefficient (Wildman–Crippen LogP) is 4.43. The van der Waals surface area contributed by atoms with Gasteiger partial charge in [-0.2, -0.15) is 0 Å². The molecule has 0 radical (unpaired) electrons. The fourth-order valence-corrected chi connectivity index (χ4v) is 2.39. The summed E-state index contributed by atoms with van der Waals surface area (Å²) in [5.41, 5.74) is 1.21. The van der Waals surface area contributed by atoms with E-state index in [1.807, 2.05) is 6.92 Å². The van der Waals surface area contributed by atoms with Gasteiger partial charge in [-0.25, -0.2) is 4.79 Å². The van der Waals surface area contributed by atoms with Crippen LogP contribution in [0.3, 0.4) is 0 Å². The van der Waals surface area contributed by atoms with Crippen molar-refractivity contribution in [2.45, 2.75) is 58.8 Å². The van der Waals surface area contributed by atoms with Gasteiger partial charge in [-0.05, 0) is 49.3 Å². The fraction of sp³-hybridized carbons (Fsp3) is 0.526. The third-order valence-electron chi connectivity index (χ3n) is 3.62. The highest BCUT2D eigenvalue weighted by molar-refractivity contribution is 7.80. The van der Waals surface area contributed by atoms with Crippen molar-refractivity contribution in [2.75, 3.05) is 11.9 Å². The smallest absolute Gasteiger partial charge is 0.338 e. The van der Waals surface area contributed by atoms with Gasteiger partial charge in [0.25, 0.3) is 0 Å². The highest BCUT2D eigenvalue weighted by Gasteiger charge is 2.08. The molecule has 0 heterocycles. The summed E-state index contributed by atoms with van der Waals surface area (Å²) >= 11 is 5.10. The Bertz CT molecular complexity index is 558. The minimum Gasteiger partial charge on any atom is -0.462 e. The van der Waals surface area contributed by atoms with Crippen LogP contribution in [-0.4, -0.2) is 23.6 Å². The first-order valence-electron chi connectivity index (χ1n) is 8.94. The van der Waals surface area contributed by atoms with Gasteiger partial charge >= 0.3 is 5.97 Å². The zero-order valence-corrected chi connectivity index (χ0v) is 15.9. The first kappa shape index (κ1) is 21.1. The summed E-state index contributed by atoms with van der Waals surface area (Å²) in [6, 6.07) is 6.83. The minimum atomic E-state index is -0.321. The van der Waals surface area contributed by atoms with Crippen LogP contribution in [0.1, 0.15) is 69.2 Å². The average molecular weight is 365 g/mol. The minimum absolute atomic E-state index is 0.0948. The number of carbonyl (C=O) groups is 2. The molecule has 0 saturated heterocycles. The number of rotatable bonds is 10. The Morgan fingerprint density at radius 1 is 1.00 bits per heavy atom. The van der Waals surface area contributed by atoms with Crippen LogP contribution in [-0.2, 0) is 9.53 Å². The van der Waals surface area contributed by atoms with Gasteiger partial charge in [-0.1, -0.05) is 39.5 Å². The van der Waals surface area contributed by atoms with Crippen molar-refractivity contribution in [3.05, 3.63) is 29.8 Å². The second kappa shape index (κ2) is 12.4. The van der Waals surface area contributed by atoms with Crippen LogP contribution >= 0.6 is 12.2 Å². The summed E-state index contributed by atoms with van der Waals surface area (Å²) in [6.07, 6.45) is 6.55. The average Bonchev–Trinajstić information content (AvgIpc) is 2.60. The number of anilines is 1. The van der Waals surface area contributed by atoms with E-state index in [2.05, 4.69) is 17.6 Å². The summed E-state index contributed by atoms with van der Waals surface area (Å²) < 4.78 is 5.24. The molecule has 0 saturated carbocycles. The third kappa shape index (κ3) is 9.19. The van der Waals surface area contributed by atoms with Crippen molar-refractivity contribution in [2.24, 2.45) is 0 Å². The number of unbranched alkanes of at least 4 members (excludes halogenated alkanes) is 4. The third-order valence-corrected chi connectivity index (χ3v) is 3.82. The fourth-order valence-electron chi connectivity index (χ4n) is 2.16. The van der Waals surface area contributed by atoms with Gasteiger partial charge in [0.05, 0.1) is 12.2 Å². The van der Waals surface area contributed by atoms with Crippen LogP contribution in [0.5, 0.6) is 0 Å². The van der Waals surface area contributed by atoms with Crippen molar-refractivity contribution in [3.63, 3.8) is 0 Å². The zero-order chi connectivity index (χ0) is 18.5. The zero-order valence-electron chi connectivity index (χ0n) is 15.1. The molecule has 1 aromatic carbocycles. The van der Waals surface area contributed by atoms with E-state index >= 15 is 0 Å². The topological polar surface area (TPSA) is 67.4 Å². The first-order chi connectivity index (χ1) is 12.1. The van der Waals surface area contributed by atoms with E-state index in [4.69, 9.17) is 17.0 Å². The number of amides is 1. The van der Waals surface area contributed by atoms with Crippen molar-refractivity contribution >= 4 is 34.9 Å². The highest BCUT2D eigenvalue weighted by atomic mass is 32.1. The van der Waals surface area contributed by atoms with Gasteiger partial charge in [0.2, 0.25) is 5.91 Å². The summed E-state index contributed by atoms with van der Waals surface area (Å²) in [5, 5.41) is 5.82. The van der Waals surface area contributed by atoms with Gasteiger partial charge in [-0.15, -0.1) is 0 Å². The second-order valence-corrected chi connectivity index (χ2v) is 6.29. The standard InChI is InChI=1S/C19H28N2O3S/c1-3-5-7-8-14-24-18(23)15-10-12-16(13-11-15)20-19(25)21-17(22)9-6-4-2/h10-13H,3-9,14H2,1-2H3,(H2,20,21,22,25). The summed E-state index contributed by atoms with van der Waals surface area (Å²) in [5.74, 6) is -0.416. The molecule has 0 fully saturated rings. The van der Waals surface area contributed by atoms with Crippen LogP contribution < -0.4 is 10.6 Å². The van der Waals surface area contributed by atoms with E-state index in [-0.39, 0.29) is 17.0 Å². The molecule has 1 amide bonds. The van der Waals surface area contributed by atoms with Gasteiger partial charge in [0.15, 0.2) is 5.11 Å². The molecule has 5 nitrogen and oxygen atoms in total. The number of thiocarbonyl (C=S) groups is 1. The van der Waals surface area contributed by atoms with Crippen LogP contribution in [0, 0.1) is 0 Å². The normalized spacial score (nSPS) is 10.2. The lowest BCUT2D eigenvalue weighted by Gasteiger charge is -2.10. The van der Waals surface area contributed by atoms with E-state index < -0.39 is 0 Å². The van der Waals surface area contributed by atoms with Crippen molar-refractivity contribution in [1.29, 1.82) is 0 Å². The molecule has 1 rings (SSSR count). The molecule has 0 aliphatic rings. The molecule has 0 spiro atoms. The summed E-state index contributed by atoms with van der Waals surface area (Å²) in [4.78, 5) is 23.5. The Morgan fingerprint density at radius 3 is 2.32 bits per heavy atom. The maximum absolute atomic E-state index is 11.9. The molecule has 0 unspecified atom stereocenters. The first-order valence-corrected chi connectivity index (χ1v) is 9.35. The van der Waals surface area contributed by atoms with E-state index in [1.54, 1.807) is 24.3 Å². The molecular weight excluding hydrogens is 336 g/mol.